The number of aromatic nitrogens is 1. The summed E-state index contributed by atoms with van der Waals surface area (Å²) in [5.74, 6) is -0.967. The van der Waals surface area contributed by atoms with E-state index in [0.717, 1.165) is 17.9 Å². The van der Waals surface area contributed by atoms with Gasteiger partial charge >= 0.3 is 0 Å². The summed E-state index contributed by atoms with van der Waals surface area (Å²) in [6.45, 7) is 2.34. The van der Waals surface area contributed by atoms with E-state index in [4.69, 9.17) is 10.5 Å². The van der Waals surface area contributed by atoms with Crippen molar-refractivity contribution in [1.82, 2.24) is 15.2 Å². The number of pyridine rings is 1. The van der Waals surface area contributed by atoms with Gasteiger partial charge in [0.1, 0.15) is 28.9 Å². The molecule has 0 saturated carbocycles. The van der Waals surface area contributed by atoms with E-state index >= 15 is 4.39 Å². The molecule has 0 spiro atoms. The largest absolute Gasteiger partial charge is 0.491 e. The predicted octanol–water partition coefficient (Wildman–Crippen LogP) is 2.83. The molecule has 2 aromatic carbocycles. The van der Waals surface area contributed by atoms with Crippen molar-refractivity contribution in [3.8, 4) is 16.9 Å². The van der Waals surface area contributed by atoms with Gasteiger partial charge < -0.3 is 20.7 Å². The van der Waals surface area contributed by atoms with E-state index in [-0.39, 0.29) is 54.5 Å². The van der Waals surface area contributed by atoms with Gasteiger partial charge in [0.2, 0.25) is 0 Å². The number of nitrogens with zero attached hydrogens (tertiary/aromatic N) is 2. The van der Waals surface area contributed by atoms with E-state index in [1.165, 1.54) is 13.1 Å². The number of hydrogen-bond donors (Lipinski definition) is 2. The highest BCUT2D eigenvalue weighted by molar-refractivity contribution is 7.90. The molecular formula is C26H27FN4O5S. The highest BCUT2D eigenvalue weighted by Gasteiger charge is 2.27. The molecule has 194 valence electrons. The summed E-state index contributed by atoms with van der Waals surface area (Å²) < 4.78 is 44.8. The Morgan fingerprint density at radius 2 is 1.92 bits per heavy atom. The minimum Gasteiger partial charge on any atom is -0.491 e. The second-order valence-corrected chi connectivity index (χ2v) is 10.6. The summed E-state index contributed by atoms with van der Waals surface area (Å²) in [5, 5.41) is 2.53. The SMILES string of the molecule is CCc1c(C(=O)N2CCOc3ccc(-c4cnc(N)c(C(=O)NC)c4)cc3C2)ccc(S(C)(=O)=O)c1F. The fraction of sp³-hybridized carbons (Fsp3) is 0.269. The first-order valence-corrected chi connectivity index (χ1v) is 13.5. The Kier molecular flexibility index (Phi) is 7.17. The Bertz CT molecular complexity index is 1510. The van der Waals surface area contributed by atoms with E-state index in [1.54, 1.807) is 30.2 Å². The molecule has 37 heavy (non-hydrogen) atoms. The number of hydrogen-bond acceptors (Lipinski definition) is 7. The lowest BCUT2D eigenvalue weighted by molar-refractivity contribution is 0.0731. The van der Waals surface area contributed by atoms with Crippen molar-refractivity contribution in [2.45, 2.75) is 24.8 Å². The first kappa shape index (κ1) is 26.1. The Balaban J connectivity index is 1.69. The highest BCUT2D eigenvalue weighted by atomic mass is 32.2. The second-order valence-electron chi connectivity index (χ2n) is 8.66. The molecule has 9 nitrogen and oxygen atoms in total. The molecule has 0 bridgehead atoms. The zero-order valence-electron chi connectivity index (χ0n) is 20.7. The Morgan fingerprint density at radius 3 is 2.59 bits per heavy atom. The van der Waals surface area contributed by atoms with Gasteiger partial charge in [0.15, 0.2) is 9.84 Å². The number of carbonyl (C=O) groups excluding carboxylic acids is 2. The monoisotopic (exact) mass is 526 g/mol. The Morgan fingerprint density at radius 1 is 1.16 bits per heavy atom. The topological polar surface area (TPSA) is 132 Å². The van der Waals surface area contributed by atoms with Crippen molar-refractivity contribution >= 4 is 27.5 Å². The molecule has 0 fully saturated rings. The fourth-order valence-corrected chi connectivity index (χ4v) is 5.06. The number of rotatable bonds is 5. The molecule has 0 radical (unpaired) electrons. The van der Waals surface area contributed by atoms with Gasteiger partial charge in [0, 0.05) is 48.3 Å². The number of nitrogen functional groups attached to an aromatic ring is 1. The molecule has 1 aliphatic rings. The summed E-state index contributed by atoms with van der Waals surface area (Å²) in [5.41, 5.74) is 8.39. The van der Waals surface area contributed by atoms with Gasteiger partial charge in [-0.2, -0.15) is 0 Å². The average molecular weight is 527 g/mol. The molecule has 0 unspecified atom stereocenters. The van der Waals surface area contributed by atoms with Crippen molar-refractivity contribution in [2.75, 3.05) is 32.2 Å². The van der Waals surface area contributed by atoms with Gasteiger partial charge in [-0.3, -0.25) is 9.59 Å². The third-order valence-electron chi connectivity index (χ3n) is 6.24. The zero-order chi connectivity index (χ0) is 26.9. The van der Waals surface area contributed by atoms with Crippen LogP contribution in [-0.4, -0.2) is 56.6 Å². The maximum atomic E-state index is 15.0. The fourth-order valence-electron chi connectivity index (χ4n) is 4.30. The van der Waals surface area contributed by atoms with Crippen LogP contribution in [0, 0.1) is 5.82 Å². The third kappa shape index (κ3) is 5.12. The maximum Gasteiger partial charge on any atom is 0.254 e. The first-order valence-electron chi connectivity index (χ1n) is 11.6. The Hall–Kier alpha value is -3.99. The molecule has 3 aromatic rings. The molecular weight excluding hydrogens is 499 g/mol. The molecule has 0 saturated heterocycles. The van der Waals surface area contributed by atoms with Crippen molar-refractivity contribution < 1.29 is 27.1 Å². The number of nitrogens with two attached hydrogens (primary N) is 1. The van der Waals surface area contributed by atoms with Crippen LogP contribution in [0.15, 0.2) is 47.5 Å². The van der Waals surface area contributed by atoms with Crippen molar-refractivity contribution in [1.29, 1.82) is 0 Å². The van der Waals surface area contributed by atoms with Crippen LogP contribution in [-0.2, 0) is 22.8 Å². The van der Waals surface area contributed by atoms with Crippen molar-refractivity contribution in [3.05, 3.63) is 70.7 Å². The van der Waals surface area contributed by atoms with E-state index in [2.05, 4.69) is 10.3 Å². The number of nitrogens with one attached hydrogen (secondary N) is 1. The lowest BCUT2D eigenvalue weighted by Gasteiger charge is -2.22. The molecule has 3 N–H and O–H groups in total. The number of ether oxygens (including phenoxy) is 1. The van der Waals surface area contributed by atoms with Gasteiger partial charge in [-0.05, 0) is 42.3 Å². The number of sulfone groups is 1. The summed E-state index contributed by atoms with van der Waals surface area (Å²) in [6.07, 6.45) is 2.64. The van der Waals surface area contributed by atoms with Crippen LogP contribution in [0.1, 0.15) is 38.8 Å². The van der Waals surface area contributed by atoms with Crippen LogP contribution in [0.2, 0.25) is 0 Å². The number of fused-ring (bicyclic) bond motifs is 1. The minimum atomic E-state index is -3.78. The van der Waals surface area contributed by atoms with Gasteiger partial charge in [0.25, 0.3) is 11.8 Å². The van der Waals surface area contributed by atoms with Gasteiger partial charge in [-0.25, -0.2) is 17.8 Å². The molecule has 0 atom stereocenters. The van der Waals surface area contributed by atoms with E-state index in [9.17, 15) is 18.0 Å². The van der Waals surface area contributed by atoms with Crippen LogP contribution >= 0.6 is 0 Å². The molecule has 2 amide bonds. The number of halogens is 1. The van der Waals surface area contributed by atoms with Crippen LogP contribution in [0.5, 0.6) is 5.75 Å². The smallest absolute Gasteiger partial charge is 0.254 e. The lowest BCUT2D eigenvalue weighted by atomic mass is 10.0. The van der Waals surface area contributed by atoms with Crippen LogP contribution in [0.25, 0.3) is 11.1 Å². The standard InChI is InChI=1S/C26H27FN4O5S/c1-4-18-19(6-8-22(23(18)27)37(3,34)35)26(33)31-9-10-36-21-7-5-15(11-17(21)14-31)16-12-20(25(32)29-2)24(28)30-13-16/h5-8,11-13H,4,9-10,14H2,1-3H3,(H2,28,30)(H,29,32). The molecule has 0 aliphatic carbocycles. The summed E-state index contributed by atoms with van der Waals surface area (Å²) in [7, 11) is -2.28. The predicted molar refractivity (Wildman–Crippen MR) is 137 cm³/mol. The molecule has 4 rings (SSSR count). The molecule has 1 aromatic heterocycles. The molecule has 2 heterocycles. The quantitative estimate of drug-likeness (QED) is 0.523. The summed E-state index contributed by atoms with van der Waals surface area (Å²) in [6, 6.07) is 9.59. The average Bonchev–Trinajstić information content (AvgIpc) is 3.09. The zero-order valence-corrected chi connectivity index (χ0v) is 21.5. The van der Waals surface area contributed by atoms with Crippen molar-refractivity contribution in [3.63, 3.8) is 0 Å². The van der Waals surface area contributed by atoms with Crippen LogP contribution < -0.4 is 15.8 Å². The van der Waals surface area contributed by atoms with Gasteiger partial charge in [-0.1, -0.05) is 13.0 Å². The number of amides is 2. The van der Waals surface area contributed by atoms with Crippen LogP contribution in [0.4, 0.5) is 10.2 Å². The molecule has 11 heteroatoms. The van der Waals surface area contributed by atoms with Gasteiger partial charge in [0.05, 0.1) is 12.1 Å². The van der Waals surface area contributed by atoms with E-state index in [1.807, 2.05) is 12.1 Å². The first-order chi connectivity index (χ1) is 17.5. The summed E-state index contributed by atoms with van der Waals surface area (Å²) >= 11 is 0. The van der Waals surface area contributed by atoms with E-state index in [0.29, 0.717) is 16.9 Å². The Labute approximate surface area is 214 Å². The molecule has 1 aliphatic heterocycles. The second kappa shape index (κ2) is 10.2. The number of benzene rings is 2. The normalized spacial score (nSPS) is 13.4. The lowest BCUT2D eigenvalue weighted by Crippen LogP contribution is -2.33. The number of carbonyl (C=O) groups is 2. The minimum absolute atomic E-state index is 0.0572. The summed E-state index contributed by atoms with van der Waals surface area (Å²) in [4.78, 5) is 30.9. The van der Waals surface area contributed by atoms with Gasteiger partial charge in [-0.15, -0.1) is 0 Å². The maximum absolute atomic E-state index is 15.0. The number of anilines is 1. The highest BCUT2D eigenvalue weighted by Crippen LogP contribution is 2.31. The van der Waals surface area contributed by atoms with Crippen LogP contribution in [0.3, 0.4) is 0 Å². The third-order valence-corrected chi connectivity index (χ3v) is 7.36. The van der Waals surface area contributed by atoms with Crippen molar-refractivity contribution in [2.24, 2.45) is 0 Å². The van der Waals surface area contributed by atoms with E-state index < -0.39 is 26.5 Å².